The summed E-state index contributed by atoms with van der Waals surface area (Å²) in [6, 6.07) is 4.89. The van der Waals surface area contributed by atoms with Crippen molar-refractivity contribution in [1.29, 1.82) is 0 Å². The van der Waals surface area contributed by atoms with Crippen molar-refractivity contribution < 1.29 is 8.91 Å². The zero-order valence-electron chi connectivity index (χ0n) is 12.5. The fraction of sp³-hybridized carbons (Fsp3) is 0.467. The lowest BCUT2D eigenvalue weighted by Gasteiger charge is -2.23. The van der Waals surface area contributed by atoms with Gasteiger partial charge in [-0.15, -0.1) is 0 Å². The van der Waals surface area contributed by atoms with Gasteiger partial charge in [0, 0.05) is 11.6 Å². The lowest BCUT2D eigenvalue weighted by molar-refractivity contribution is 0.286. The SMILES string of the molecule is CNC(C)C(c1nc(-c2ccc(F)c(Br)c2)no1)C(C)C. The summed E-state index contributed by atoms with van der Waals surface area (Å²) >= 11 is 3.17. The minimum Gasteiger partial charge on any atom is -0.339 e. The van der Waals surface area contributed by atoms with Gasteiger partial charge in [-0.05, 0) is 54.0 Å². The molecule has 0 radical (unpaired) electrons. The highest BCUT2D eigenvalue weighted by Crippen LogP contribution is 2.29. The zero-order chi connectivity index (χ0) is 15.6. The number of nitrogens with zero attached hydrogens (tertiary/aromatic N) is 2. The summed E-state index contributed by atoms with van der Waals surface area (Å²) in [4.78, 5) is 4.48. The molecule has 0 aliphatic carbocycles. The first-order valence-corrected chi connectivity index (χ1v) is 7.69. The van der Waals surface area contributed by atoms with Crippen molar-refractivity contribution in [2.24, 2.45) is 5.92 Å². The van der Waals surface area contributed by atoms with Crippen molar-refractivity contribution in [3.8, 4) is 11.4 Å². The quantitative estimate of drug-likeness (QED) is 0.880. The zero-order valence-corrected chi connectivity index (χ0v) is 14.1. The Hall–Kier alpha value is -1.27. The van der Waals surface area contributed by atoms with Crippen LogP contribution >= 0.6 is 15.9 Å². The van der Waals surface area contributed by atoms with Crippen LogP contribution < -0.4 is 5.32 Å². The van der Waals surface area contributed by atoms with E-state index in [0.29, 0.717) is 22.1 Å². The van der Waals surface area contributed by atoms with Crippen molar-refractivity contribution in [2.45, 2.75) is 32.7 Å². The minimum absolute atomic E-state index is 0.125. The maximum Gasteiger partial charge on any atom is 0.231 e. The summed E-state index contributed by atoms with van der Waals surface area (Å²) < 4.78 is 19.1. The summed E-state index contributed by atoms with van der Waals surface area (Å²) in [6.45, 7) is 6.33. The van der Waals surface area contributed by atoms with Crippen molar-refractivity contribution in [2.75, 3.05) is 7.05 Å². The number of halogens is 2. The van der Waals surface area contributed by atoms with Gasteiger partial charge in [0.25, 0.3) is 0 Å². The van der Waals surface area contributed by atoms with Crippen molar-refractivity contribution >= 4 is 15.9 Å². The summed E-state index contributed by atoms with van der Waals surface area (Å²) in [5.41, 5.74) is 0.720. The molecule has 1 heterocycles. The summed E-state index contributed by atoms with van der Waals surface area (Å²) in [7, 11) is 1.91. The Labute approximate surface area is 132 Å². The topological polar surface area (TPSA) is 51.0 Å². The molecule has 2 unspecified atom stereocenters. The molecule has 0 saturated carbocycles. The molecule has 21 heavy (non-hydrogen) atoms. The lowest BCUT2D eigenvalue weighted by atomic mass is 9.89. The van der Waals surface area contributed by atoms with E-state index in [-0.39, 0.29) is 17.8 Å². The predicted octanol–water partition coefficient (Wildman–Crippen LogP) is 3.99. The molecule has 2 aromatic rings. The molecule has 0 spiro atoms. The van der Waals surface area contributed by atoms with Gasteiger partial charge in [-0.1, -0.05) is 19.0 Å². The molecule has 6 heteroatoms. The molecule has 114 valence electrons. The van der Waals surface area contributed by atoms with Crippen LogP contribution in [0.25, 0.3) is 11.4 Å². The first-order chi connectivity index (χ1) is 9.93. The Kier molecular flexibility index (Phi) is 5.11. The predicted molar refractivity (Wildman–Crippen MR) is 83.5 cm³/mol. The second-order valence-electron chi connectivity index (χ2n) is 5.43. The molecule has 0 aliphatic rings. The van der Waals surface area contributed by atoms with E-state index >= 15 is 0 Å². The second kappa shape index (κ2) is 6.66. The smallest absolute Gasteiger partial charge is 0.231 e. The van der Waals surface area contributed by atoms with Crippen LogP contribution in [0.1, 0.15) is 32.6 Å². The molecule has 0 amide bonds. The highest BCUT2D eigenvalue weighted by molar-refractivity contribution is 9.10. The maximum absolute atomic E-state index is 13.3. The number of hydrogen-bond donors (Lipinski definition) is 1. The van der Waals surface area contributed by atoms with E-state index in [0.717, 1.165) is 5.56 Å². The van der Waals surface area contributed by atoms with Gasteiger partial charge >= 0.3 is 0 Å². The van der Waals surface area contributed by atoms with Crippen LogP contribution in [-0.4, -0.2) is 23.2 Å². The summed E-state index contributed by atoms with van der Waals surface area (Å²) in [6.07, 6.45) is 0. The second-order valence-corrected chi connectivity index (χ2v) is 6.29. The third-order valence-electron chi connectivity index (χ3n) is 3.62. The van der Waals surface area contributed by atoms with E-state index in [1.54, 1.807) is 12.1 Å². The molecule has 2 atom stereocenters. The summed E-state index contributed by atoms with van der Waals surface area (Å²) in [5.74, 6) is 1.24. The van der Waals surface area contributed by atoms with Gasteiger partial charge in [0.05, 0.1) is 10.4 Å². The number of nitrogens with one attached hydrogen (secondary N) is 1. The number of aromatic nitrogens is 2. The van der Waals surface area contributed by atoms with E-state index in [1.807, 2.05) is 7.05 Å². The Morgan fingerprint density at radius 2 is 2.00 bits per heavy atom. The first-order valence-electron chi connectivity index (χ1n) is 6.90. The van der Waals surface area contributed by atoms with Crippen molar-refractivity contribution in [3.05, 3.63) is 34.4 Å². The van der Waals surface area contributed by atoms with Crippen molar-refractivity contribution in [1.82, 2.24) is 15.5 Å². The Morgan fingerprint density at radius 1 is 1.29 bits per heavy atom. The van der Waals surface area contributed by atoms with E-state index in [4.69, 9.17) is 4.52 Å². The van der Waals surface area contributed by atoms with E-state index in [2.05, 4.69) is 52.2 Å². The minimum atomic E-state index is -0.314. The van der Waals surface area contributed by atoms with Crippen LogP contribution in [0.4, 0.5) is 4.39 Å². The number of likely N-dealkylation sites (N-methyl/N-ethyl adjacent to an activating group) is 1. The largest absolute Gasteiger partial charge is 0.339 e. The van der Waals surface area contributed by atoms with Crippen LogP contribution in [0.3, 0.4) is 0 Å². The molecule has 0 fully saturated rings. The first kappa shape index (κ1) is 16.1. The fourth-order valence-electron chi connectivity index (χ4n) is 2.38. The normalized spacial score (nSPS) is 14.4. The van der Waals surface area contributed by atoms with Crippen LogP contribution in [0.15, 0.2) is 27.2 Å². The van der Waals surface area contributed by atoms with Gasteiger partial charge < -0.3 is 9.84 Å². The van der Waals surface area contributed by atoms with Crippen LogP contribution in [0.2, 0.25) is 0 Å². The molecular formula is C15H19BrFN3O. The molecule has 4 nitrogen and oxygen atoms in total. The lowest BCUT2D eigenvalue weighted by Crippen LogP contribution is -2.32. The molecule has 1 N–H and O–H groups in total. The highest BCUT2D eigenvalue weighted by Gasteiger charge is 2.27. The summed E-state index contributed by atoms with van der Waals surface area (Å²) in [5, 5.41) is 7.25. The van der Waals surface area contributed by atoms with Gasteiger partial charge in [0.15, 0.2) is 0 Å². The molecular weight excluding hydrogens is 337 g/mol. The van der Waals surface area contributed by atoms with E-state index in [1.165, 1.54) is 6.07 Å². The van der Waals surface area contributed by atoms with E-state index < -0.39 is 0 Å². The standard InChI is InChI=1S/C15H19BrFN3O/c1-8(2)13(9(3)18-4)15-19-14(20-21-15)10-5-6-12(17)11(16)7-10/h5-9,13,18H,1-4H3. The third kappa shape index (κ3) is 3.49. The molecule has 1 aromatic carbocycles. The monoisotopic (exact) mass is 355 g/mol. The Bertz CT molecular complexity index is 615. The third-order valence-corrected chi connectivity index (χ3v) is 4.22. The Balaban J connectivity index is 2.33. The van der Waals surface area contributed by atoms with Crippen LogP contribution in [-0.2, 0) is 0 Å². The average molecular weight is 356 g/mol. The average Bonchev–Trinajstić information content (AvgIpc) is 2.90. The highest BCUT2D eigenvalue weighted by atomic mass is 79.9. The number of rotatable bonds is 5. The van der Waals surface area contributed by atoms with Gasteiger partial charge in [-0.3, -0.25) is 0 Å². The number of hydrogen-bond acceptors (Lipinski definition) is 4. The Morgan fingerprint density at radius 3 is 2.57 bits per heavy atom. The molecule has 0 aliphatic heterocycles. The van der Waals surface area contributed by atoms with Gasteiger partial charge in [-0.25, -0.2) is 4.39 Å². The van der Waals surface area contributed by atoms with Gasteiger partial charge in [0.2, 0.25) is 11.7 Å². The van der Waals surface area contributed by atoms with Crippen LogP contribution in [0.5, 0.6) is 0 Å². The molecule has 0 bridgehead atoms. The molecule has 1 aromatic heterocycles. The number of benzene rings is 1. The fourth-order valence-corrected chi connectivity index (χ4v) is 2.76. The molecule has 2 rings (SSSR count). The van der Waals surface area contributed by atoms with Gasteiger partial charge in [-0.2, -0.15) is 4.98 Å². The van der Waals surface area contributed by atoms with E-state index in [9.17, 15) is 4.39 Å². The van der Waals surface area contributed by atoms with Crippen molar-refractivity contribution in [3.63, 3.8) is 0 Å². The maximum atomic E-state index is 13.3. The van der Waals surface area contributed by atoms with Gasteiger partial charge in [0.1, 0.15) is 5.82 Å². The van der Waals surface area contributed by atoms with Crippen LogP contribution in [0, 0.1) is 11.7 Å². The molecule has 0 saturated heterocycles.